The third kappa shape index (κ3) is 3.00. The van der Waals surface area contributed by atoms with Crippen molar-refractivity contribution in [2.45, 2.75) is 6.54 Å². The zero-order valence-electron chi connectivity index (χ0n) is 10.5. The molecule has 0 saturated carbocycles. The van der Waals surface area contributed by atoms with Gasteiger partial charge in [-0.15, -0.1) is 0 Å². The van der Waals surface area contributed by atoms with Crippen molar-refractivity contribution in [3.63, 3.8) is 0 Å². The first kappa shape index (κ1) is 13.7. The normalized spacial score (nSPS) is 10.1. The van der Waals surface area contributed by atoms with Crippen LogP contribution in [-0.4, -0.2) is 17.0 Å². The standard InChI is InChI=1S/C15H12FNO3/c16-13-8-4-1-5-10(13)9-17-14(18)11-6-2-3-7-12(11)15(19)20/h1-8H,9H2,(H,17,18)(H,19,20). The minimum atomic E-state index is -1.18. The first-order valence-electron chi connectivity index (χ1n) is 5.93. The summed E-state index contributed by atoms with van der Waals surface area (Å²) in [5, 5.41) is 11.5. The van der Waals surface area contributed by atoms with Gasteiger partial charge in [0.25, 0.3) is 5.91 Å². The summed E-state index contributed by atoms with van der Waals surface area (Å²) in [7, 11) is 0. The van der Waals surface area contributed by atoms with Crippen molar-refractivity contribution in [2.75, 3.05) is 0 Å². The van der Waals surface area contributed by atoms with Crippen LogP contribution in [0.15, 0.2) is 48.5 Å². The van der Waals surface area contributed by atoms with E-state index < -0.39 is 17.7 Å². The average molecular weight is 273 g/mol. The molecule has 0 aliphatic heterocycles. The van der Waals surface area contributed by atoms with Gasteiger partial charge >= 0.3 is 5.97 Å². The molecule has 0 unspecified atom stereocenters. The number of hydrogen-bond donors (Lipinski definition) is 2. The van der Waals surface area contributed by atoms with Crippen molar-refractivity contribution in [3.05, 3.63) is 71.0 Å². The van der Waals surface area contributed by atoms with Crippen LogP contribution in [0.25, 0.3) is 0 Å². The number of carbonyl (C=O) groups is 2. The highest BCUT2D eigenvalue weighted by Crippen LogP contribution is 2.10. The largest absolute Gasteiger partial charge is 0.478 e. The van der Waals surface area contributed by atoms with Crippen LogP contribution in [0, 0.1) is 5.82 Å². The Morgan fingerprint density at radius 1 is 1.00 bits per heavy atom. The lowest BCUT2D eigenvalue weighted by Gasteiger charge is -2.08. The first-order valence-corrected chi connectivity index (χ1v) is 5.93. The van der Waals surface area contributed by atoms with E-state index in [2.05, 4.69) is 5.32 Å². The number of carbonyl (C=O) groups excluding carboxylic acids is 1. The van der Waals surface area contributed by atoms with E-state index in [0.717, 1.165) is 0 Å². The number of nitrogens with one attached hydrogen (secondary N) is 1. The fraction of sp³-hybridized carbons (Fsp3) is 0.0667. The van der Waals surface area contributed by atoms with Crippen molar-refractivity contribution in [2.24, 2.45) is 0 Å². The third-order valence-corrected chi connectivity index (χ3v) is 2.80. The fourth-order valence-electron chi connectivity index (χ4n) is 1.78. The highest BCUT2D eigenvalue weighted by Gasteiger charge is 2.15. The van der Waals surface area contributed by atoms with Gasteiger partial charge in [-0.25, -0.2) is 9.18 Å². The quantitative estimate of drug-likeness (QED) is 0.899. The second kappa shape index (κ2) is 5.97. The van der Waals surface area contributed by atoms with Crippen LogP contribution in [-0.2, 0) is 6.54 Å². The van der Waals surface area contributed by atoms with Crippen molar-refractivity contribution in [1.82, 2.24) is 5.32 Å². The van der Waals surface area contributed by atoms with Gasteiger partial charge in [-0.1, -0.05) is 30.3 Å². The smallest absolute Gasteiger partial charge is 0.336 e. The highest BCUT2D eigenvalue weighted by molar-refractivity contribution is 6.04. The minimum absolute atomic E-state index is 0.000536. The molecule has 1 amide bonds. The van der Waals surface area contributed by atoms with E-state index in [0.29, 0.717) is 5.56 Å². The Morgan fingerprint density at radius 3 is 2.25 bits per heavy atom. The number of carboxylic acids is 1. The Hall–Kier alpha value is -2.69. The Morgan fingerprint density at radius 2 is 1.60 bits per heavy atom. The third-order valence-electron chi connectivity index (χ3n) is 2.80. The molecule has 0 atom stereocenters. The van der Waals surface area contributed by atoms with Gasteiger partial charge in [-0.3, -0.25) is 4.79 Å². The van der Waals surface area contributed by atoms with E-state index in [1.807, 2.05) is 0 Å². The van der Waals surface area contributed by atoms with Crippen LogP contribution in [0.5, 0.6) is 0 Å². The molecule has 0 bridgehead atoms. The summed E-state index contributed by atoms with van der Waals surface area (Å²) in [5.74, 6) is -2.15. The van der Waals surface area contributed by atoms with E-state index in [-0.39, 0.29) is 17.7 Å². The number of benzene rings is 2. The molecular weight excluding hydrogens is 261 g/mol. The van der Waals surface area contributed by atoms with Crippen molar-refractivity contribution in [1.29, 1.82) is 0 Å². The first-order chi connectivity index (χ1) is 9.59. The maximum atomic E-state index is 13.4. The molecule has 0 heterocycles. The van der Waals surface area contributed by atoms with E-state index in [9.17, 15) is 14.0 Å². The second-order valence-corrected chi connectivity index (χ2v) is 4.12. The lowest BCUT2D eigenvalue weighted by atomic mass is 10.1. The van der Waals surface area contributed by atoms with Crippen molar-refractivity contribution in [3.8, 4) is 0 Å². The molecule has 2 aromatic carbocycles. The molecule has 4 nitrogen and oxygen atoms in total. The number of amides is 1. The zero-order chi connectivity index (χ0) is 14.5. The van der Waals surface area contributed by atoms with Gasteiger partial charge in [0.1, 0.15) is 5.82 Å². The predicted octanol–water partition coefficient (Wildman–Crippen LogP) is 2.45. The molecule has 102 valence electrons. The summed E-state index contributed by atoms with van der Waals surface area (Å²) in [6, 6.07) is 11.9. The van der Waals surface area contributed by atoms with Gasteiger partial charge in [0.15, 0.2) is 0 Å². The van der Waals surface area contributed by atoms with Gasteiger partial charge in [0.2, 0.25) is 0 Å². The molecule has 0 aromatic heterocycles. The molecule has 2 aromatic rings. The zero-order valence-corrected chi connectivity index (χ0v) is 10.5. The van der Waals surface area contributed by atoms with Crippen LogP contribution < -0.4 is 5.32 Å². The lowest BCUT2D eigenvalue weighted by molar-refractivity contribution is 0.0691. The Bertz CT molecular complexity index is 655. The Kier molecular flexibility index (Phi) is 4.10. The molecule has 0 fully saturated rings. The SMILES string of the molecule is O=C(O)c1ccccc1C(=O)NCc1ccccc1F. The molecule has 0 aliphatic carbocycles. The van der Waals surface area contributed by atoms with Gasteiger partial charge in [-0.05, 0) is 18.2 Å². The summed E-state index contributed by atoms with van der Waals surface area (Å²) >= 11 is 0. The number of rotatable bonds is 4. The van der Waals surface area contributed by atoms with Crippen LogP contribution in [0.4, 0.5) is 4.39 Å². The van der Waals surface area contributed by atoms with Gasteiger partial charge < -0.3 is 10.4 Å². The number of halogens is 1. The fourth-order valence-corrected chi connectivity index (χ4v) is 1.78. The van der Waals surface area contributed by atoms with Crippen LogP contribution in [0.3, 0.4) is 0 Å². The van der Waals surface area contributed by atoms with Gasteiger partial charge in [0.05, 0.1) is 11.1 Å². The highest BCUT2D eigenvalue weighted by atomic mass is 19.1. The monoisotopic (exact) mass is 273 g/mol. The maximum Gasteiger partial charge on any atom is 0.336 e. The minimum Gasteiger partial charge on any atom is -0.478 e. The molecule has 2 rings (SSSR count). The van der Waals surface area contributed by atoms with Crippen molar-refractivity contribution < 1.29 is 19.1 Å². The van der Waals surface area contributed by atoms with Crippen LogP contribution in [0.2, 0.25) is 0 Å². The molecule has 0 radical (unpaired) electrons. The summed E-state index contributed by atoms with van der Waals surface area (Å²) in [6.07, 6.45) is 0. The summed E-state index contributed by atoms with van der Waals surface area (Å²) < 4.78 is 13.4. The topological polar surface area (TPSA) is 66.4 Å². The average Bonchev–Trinajstić information content (AvgIpc) is 2.46. The molecule has 0 aliphatic rings. The molecule has 0 saturated heterocycles. The van der Waals surface area contributed by atoms with E-state index >= 15 is 0 Å². The van der Waals surface area contributed by atoms with Gasteiger partial charge in [0, 0.05) is 12.1 Å². The molecule has 5 heteroatoms. The van der Waals surface area contributed by atoms with Crippen LogP contribution >= 0.6 is 0 Å². The van der Waals surface area contributed by atoms with E-state index in [1.165, 1.54) is 24.3 Å². The molecular formula is C15H12FNO3. The maximum absolute atomic E-state index is 13.4. The summed E-state index contributed by atoms with van der Waals surface area (Å²) in [6.45, 7) is -0.000536. The predicted molar refractivity (Wildman–Crippen MR) is 71.0 cm³/mol. The van der Waals surface area contributed by atoms with Gasteiger partial charge in [-0.2, -0.15) is 0 Å². The van der Waals surface area contributed by atoms with E-state index in [4.69, 9.17) is 5.11 Å². The second-order valence-electron chi connectivity index (χ2n) is 4.12. The Balaban J connectivity index is 2.14. The molecule has 0 spiro atoms. The number of hydrogen-bond acceptors (Lipinski definition) is 2. The summed E-state index contributed by atoms with van der Waals surface area (Å²) in [5.41, 5.74) is 0.309. The van der Waals surface area contributed by atoms with Crippen LogP contribution in [0.1, 0.15) is 26.3 Å². The lowest BCUT2D eigenvalue weighted by Crippen LogP contribution is -2.25. The number of carboxylic acid groups (broad SMARTS) is 1. The Labute approximate surface area is 114 Å². The van der Waals surface area contributed by atoms with E-state index in [1.54, 1.807) is 24.3 Å². The molecule has 2 N–H and O–H groups in total. The molecule has 20 heavy (non-hydrogen) atoms. The number of aromatic carboxylic acids is 1. The summed E-state index contributed by atoms with van der Waals surface area (Å²) in [4.78, 5) is 23.0. The van der Waals surface area contributed by atoms with Crippen molar-refractivity contribution >= 4 is 11.9 Å².